The zero-order chi connectivity index (χ0) is 43.4. The van der Waals surface area contributed by atoms with E-state index < -0.39 is 70.9 Å². The number of azo groups is 2. The number of phenolic OH excluding ortho intramolecular Hbond substituents is 2. The van der Waals surface area contributed by atoms with E-state index in [-0.39, 0.29) is 44.3 Å². The number of nitrogens with one attached hydrogen (secondary N) is 2. The second kappa shape index (κ2) is 16.9. The number of carbonyl (C=O) groups excluding carboxylic acids is 1. The highest BCUT2D eigenvalue weighted by Crippen LogP contribution is 2.44. The summed E-state index contributed by atoms with van der Waals surface area (Å²) in [5.74, 6) is -3.72. The summed E-state index contributed by atoms with van der Waals surface area (Å²) in [6, 6.07) is 21.1. The molecule has 0 heterocycles. The Morgan fingerprint density at radius 2 is 0.883 bits per heavy atom. The molecule has 0 saturated carbocycles. The van der Waals surface area contributed by atoms with Crippen molar-refractivity contribution in [1.82, 2.24) is 0 Å². The van der Waals surface area contributed by atoms with Gasteiger partial charge in [-0.15, -0.1) is 10.2 Å². The summed E-state index contributed by atoms with van der Waals surface area (Å²) in [7, 11) is -9.87. The molecule has 6 rings (SSSR count). The normalized spacial score (nSPS) is 12.3. The van der Waals surface area contributed by atoms with Gasteiger partial charge in [-0.05, 0) is 94.7 Å². The molecule has 0 unspecified atom stereocenters. The van der Waals surface area contributed by atoms with E-state index in [0.29, 0.717) is 11.1 Å². The van der Waals surface area contributed by atoms with Crippen LogP contribution in [-0.4, -0.2) is 64.3 Å². The van der Waals surface area contributed by atoms with Crippen LogP contribution in [0.4, 0.5) is 38.9 Å². The maximum atomic E-state index is 13.1. The third kappa shape index (κ3) is 9.99. The number of phenols is 2. The van der Waals surface area contributed by atoms with E-state index in [1.807, 2.05) is 0 Å². The van der Waals surface area contributed by atoms with Gasteiger partial charge in [-0.1, -0.05) is 36.4 Å². The van der Waals surface area contributed by atoms with Crippen molar-refractivity contribution >= 4 is 106 Å². The molecule has 21 heteroatoms. The van der Waals surface area contributed by atoms with E-state index in [4.69, 9.17) is 10.2 Å². The van der Waals surface area contributed by atoms with Gasteiger partial charge in [0, 0.05) is 34.3 Å². The molecule has 8 N–H and O–H groups in total. The Balaban J connectivity index is 1.26. The third-order valence-electron chi connectivity index (χ3n) is 8.33. The Bertz CT molecular complexity index is 2870. The maximum Gasteiger partial charge on any atom is 0.328 e. The van der Waals surface area contributed by atoms with Crippen molar-refractivity contribution in [1.29, 1.82) is 0 Å². The number of fused-ring (bicyclic) bond motifs is 2. The topological polar surface area (TPSA) is 314 Å². The lowest BCUT2D eigenvalue weighted by molar-refractivity contribution is -0.132. The van der Waals surface area contributed by atoms with Crippen molar-refractivity contribution < 1.29 is 60.8 Å². The van der Waals surface area contributed by atoms with E-state index in [1.165, 1.54) is 97.1 Å². The maximum absolute atomic E-state index is 13.1. The Morgan fingerprint density at radius 1 is 0.517 bits per heavy atom. The molecule has 0 bridgehead atoms. The fourth-order valence-corrected chi connectivity index (χ4v) is 6.89. The van der Waals surface area contributed by atoms with Gasteiger partial charge in [0.05, 0.1) is 11.4 Å². The van der Waals surface area contributed by atoms with E-state index in [9.17, 15) is 50.5 Å². The highest BCUT2D eigenvalue weighted by Gasteiger charge is 2.24. The molecule has 60 heavy (non-hydrogen) atoms. The summed E-state index contributed by atoms with van der Waals surface area (Å²) < 4.78 is 69.0. The highest BCUT2D eigenvalue weighted by atomic mass is 32.2. The summed E-state index contributed by atoms with van der Waals surface area (Å²) in [6.07, 6.45) is 4.52. The molecular formula is C39H28N6O13S2. The fourth-order valence-electron chi connectivity index (χ4n) is 5.57. The number of benzene rings is 6. The molecule has 0 radical (unpaired) electrons. The van der Waals surface area contributed by atoms with Gasteiger partial charge in [0.25, 0.3) is 20.2 Å². The first kappa shape index (κ1) is 41.8. The van der Waals surface area contributed by atoms with Crippen LogP contribution < -0.4 is 10.6 Å². The monoisotopic (exact) mass is 852 g/mol. The molecule has 6 aromatic rings. The number of aliphatic carboxylic acids is 2. The van der Waals surface area contributed by atoms with Crippen LogP contribution >= 0.6 is 0 Å². The number of urea groups is 1. The van der Waals surface area contributed by atoms with Gasteiger partial charge in [0.15, 0.2) is 11.5 Å². The lowest BCUT2D eigenvalue weighted by Gasteiger charge is -2.13. The molecule has 0 saturated heterocycles. The van der Waals surface area contributed by atoms with E-state index in [0.717, 1.165) is 24.3 Å². The number of hydrogen-bond donors (Lipinski definition) is 8. The van der Waals surface area contributed by atoms with Gasteiger partial charge < -0.3 is 31.1 Å². The molecule has 6 aromatic carbocycles. The standard InChI is InChI=1S/C39H28N6O13S2/c46-33(47)15-5-21-1-9-25(10-2-21)42-44-35-31(59(53,54)55)17-23-7-13-27(19-29(23)37(35)50)40-39(52)41-28-14-8-24-18-32(60(56,57)58)36(38(51)30(24)20-28)45-43-26-11-3-22(4-12-26)6-16-34(48)49/h1-20,50-51H,(H,46,47)(H,48,49)(H2,40,41,52)(H,53,54,55)(H,56,57,58)/b15-5+,16-6+,44-42?,45-43?. The van der Waals surface area contributed by atoms with Gasteiger partial charge in [0.2, 0.25) is 0 Å². The fraction of sp³-hybridized carbons (Fsp3) is 0. The van der Waals surface area contributed by atoms with Gasteiger partial charge >= 0.3 is 18.0 Å². The molecule has 0 fully saturated rings. The first-order valence-electron chi connectivity index (χ1n) is 16.8. The second-order valence-corrected chi connectivity index (χ2v) is 15.3. The zero-order valence-electron chi connectivity index (χ0n) is 30.2. The number of aromatic hydroxyl groups is 2. The number of carbonyl (C=O) groups is 3. The SMILES string of the molecule is O=C(O)/C=C/c1ccc(N=Nc2c(S(=O)(=O)O)cc3ccc(NC(=O)Nc4ccc5cc(S(=O)(=O)O)c(N=Nc6ccc(/C=C/C(=O)O)cc6)c(O)c5c4)cc3c2O)cc1. The average Bonchev–Trinajstić information content (AvgIpc) is 3.18. The number of rotatable bonds is 12. The van der Waals surface area contributed by atoms with Crippen molar-refractivity contribution in [3.05, 3.63) is 120 Å². The minimum Gasteiger partial charge on any atom is -0.505 e. The predicted octanol–water partition coefficient (Wildman–Crippen LogP) is 8.57. The van der Waals surface area contributed by atoms with E-state index in [1.54, 1.807) is 0 Å². The summed E-state index contributed by atoms with van der Waals surface area (Å²) in [5.41, 5.74) is 0.373. The van der Waals surface area contributed by atoms with Crippen LogP contribution in [0.5, 0.6) is 11.5 Å². The molecule has 0 aliphatic rings. The molecule has 0 atom stereocenters. The quantitative estimate of drug-likeness (QED) is 0.0325. The Hall–Kier alpha value is -7.85. The van der Waals surface area contributed by atoms with Crippen molar-refractivity contribution in [3.63, 3.8) is 0 Å². The van der Waals surface area contributed by atoms with Crippen LogP contribution in [0.15, 0.2) is 139 Å². The van der Waals surface area contributed by atoms with Crippen LogP contribution in [0.25, 0.3) is 33.7 Å². The van der Waals surface area contributed by atoms with Crippen LogP contribution in [-0.2, 0) is 29.8 Å². The van der Waals surface area contributed by atoms with Crippen LogP contribution in [0.3, 0.4) is 0 Å². The molecule has 304 valence electrons. The van der Waals surface area contributed by atoms with Crippen molar-refractivity contribution in [2.45, 2.75) is 9.79 Å². The molecular weight excluding hydrogens is 825 g/mol. The molecule has 0 aromatic heterocycles. The predicted molar refractivity (Wildman–Crippen MR) is 218 cm³/mol. The first-order chi connectivity index (χ1) is 28.3. The van der Waals surface area contributed by atoms with E-state index in [2.05, 4.69) is 31.1 Å². The largest absolute Gasteiger partial charge is 0.505 e. The Labute approximate surface area is 338 Å². The van der Waals surface area contributed by atoms with Gasteiger partial charge in [-0.2, -0.15) is 27.1 Å². The average molecular weight is 853 g/mol. The lowest BCUT2D eigenvalue weighted by Crippen LogP contribution is -2.19. The summed E-state index contributed by atoms with van der Waals surface area (Å²) in [5, 5.41) is 60.9. The van der Waals surface area contributed by atoms with Gasteiger partial charge in [0.1, 0.15) is 21.2 Å². The molecule has 0 aliphatic heterocycles. The molecule has 0 aliphatic carbocycles. The minimum atomic E-state index is -4.94. The smallest absolute Gasteiger partial charge is 0.328 e. The van der Waals surface area contributed by atoms with Crippen molar-refractivity contribution in [2.75, 3.05) is 10.6 Å². The molecule has 2 amide bonds. The summed E-state index contributed by atoms with van der Waals surface area (Å²) >= 11 is 0. The third-order valence-corrected chi connectivity index (χ3v) is 10.1. The van der Waals surface area contributed by atoms with Crippen LogP contribution in [0, 0.1) is 0 Å². The second-order valence-electron chi connectivity index (χ2n) is 12.5. The zero-order valence-corrected chi connectivity index (χ0v) is 31.8. The van der Waals surface area contributed by atoms with Crippen LogP contribution in [0.2, 0.25) is 0 Å². The first-order valence-corrected chi connectivity index (χ1v) is 19.7. The molecule has 0 spiro atoms. The number of amides is 2. The van der Waals surface area contributed by atoms with Crippen molar-refractivity contribution in [2.24, 2.45) is 20.5 Å². The Kier molecular flexibility index (Phi) is 11.8. The van der Waals surface area contributed by atoms with Gasteiger partial charge in [-0.25, -0.2) is 14.4 Å². The van der Waals surface area contributed by atoms with Gasteiger partial charge in [-0.3, -0.25) is 9.11 Å². The molecule has 19 nitrogen and oxygen atoms in total. The summed E-state index contributed by atoms with van der Waals surface area (Å²) in [6.45, 7) is 0. The minimum absolute atomic E-state index is 0.00114. The van der Waals surface area contributed by atoms with Crippen molar-refractivity contribution in [3.8, 4) is 11.5 Å². The number of anilines is 2. The Morgan fingerprint density at radius 3 is 1.22 bits per heavy atom. The van der Waals surface area contributed by atoms with Crippen LogP contribution in [0.1, 0.15) is 11.1 Å². The summed E-state index contributed by atoms with van der Waals surface area (Å²) in [4.78, 5) is 33.2. The number of hydrogen-bond acceptors (Lipinski definition) is 13. The number of nitrogens with zero attached hydrogens (tertiary/aromatic N) is 4. The lowest BCUT2D eigenvalue weighted by atomic mass is 10.1. The number of carboxylic acids is 2. The number of carboxylic acid groups (broad SMARTS) is 2. The highest BCUT2D eigenvalue weighted by molar-refractivity contribution is 7.86. The van der Waals surface area contributed by atoms with E-state index >= 15 is 0 Å².